The van der Waals surface area contributed by atoms with Crippen molar-refractivity contribution in [1.29, 1.82) is 0 Å². The lowest BCUT2D eigenvalue weighted by molar-refractivity contribution is 0.321. The van der Waals surface area contributed by atoms with Crippen LogP contribution >= 0.6 is 0 Å². The second-order valence-electron chi connectivity index (χ2n) is 5.15. The summed E-state index contributed by atoms with van der Waals surface area (Å²) in [7, 11) is 0. The fourth-order valence-electron chi connectivity index (χ4n) is 2.27. The topological polar surface area (TPSA) is 9.23 Å². The first-order chi connectivity index (χ1) is 11.1. The van der Waals surface area contributed by atoms with Crippen LogP contribution in [0.15, 0.2) is 42.5 Å². The molecule has 0 amide bonds. The van der Waals surface area contributed by atoms with E-state index in [-0.39, 0.29) is 16.9 Å². The van der Waals surface area contributed by atoms with Crippen molar-refractivity contribution in [3.05, 3.63) is 65.0 Å². The van der Waals surface area contributed by atoms with Gasteiger partial charge in [0, 0.05) is 11.1 Å². The number of hydrogen-bond acceptors (Lipinski definition) is 1. The number of rotatable bonds is 6. The maximum Gasteiger partial charge on any atom is 0.166 e. The van der Waals surface area contributed by atoms with Crippen LogP contribution in [0.5, 0.6) is 5.75 Å². The Hall–Kier alpha value is -2.23. The van der Waals surface area contributed by atoms with Crippen molar-refractivity contribution in [1.82, 2.24) is 0 Å². The summed E-state index contributed by atoms with van der Waals surface area (Å²) < 4.78 is 47.3. The number of benzene rings is 2. The van der Waals surface area contributed by atoms with Gasteiger partial charge in [-0.3, -0.25) is 0 Å². The van der Waals surface area contributed by atoms with E-state index in [2.05, 4.69) is 6.92 Å². The predicted octanol–water partition coefficient (Wildman–Crippen LogP) is 5.94. The molecule has 1 nitrogen and oxygen atoms in total. The Kier molecular flexibility index (Phi) is 5.85. The highest BCUT2D eigenvalue weighted by atomic mass is 19.2. The van der Waals surface area contributed by atoms with Crippen LogP contribution in [-0.4, -0.2) is 6.61 Å². The highest BCUT2D eigenvalue weighted by Crippen LogP contribution is 2.31. The predicted molar refractivity (Wildman–Crippen MR) is 87.0 cm³/mol. The van der Waals surface area contributed by atoms with Crippen molar-refractivity contribution in [2.45, 2.75) is 26.7 Å². The van der Waals surface area contributed by atoms with Crippen LogP contribution in [-0.2, 0) is 6.42 Å². The normalized spacial score (nSPS) is 12.0. The van der Waals surface area contributed by atoms with Crippen LogP contribution in [0.3, 0.4) is 0 Å². The van der Waals surface area contributed by atoms with Crippen LogP contribution < -0.4 is 4.74 Å². The molecule has 0 aliphatic rings. The minimum Gasteiger partial charge on any atom is -0.491 e. The summed E-state index contributed by atoms with van der Waals surface area (Å²) in [6.45, 7) is 4.07. The molecule has 0 aromatic heterocycles. The SMILES string of the molecule is CCCc1ccc(/C(F)=C(\F)c2ccc(OCC)c(F)c2)cc1. The summed E-state index contributed by atoms with van der Waals surface area (Å²) in [6, 6.07) is 10.1. The lowest BCUT2D eigenvalue weighted by Gasteiger charge is -2.07. The molecule has 0 spiro atoms. The molecule has 0 unspecified atom stereocenters. The standard InChI is InChI=1S/C19H19F3O/c1-3-5-13-6-8-14(9-7-13)18(21)19(22)15-10-11-17(23-4-2)16(20)12-15/h6-12H,3-5H2,1-2H3/b19-18+. The summed E-state index contributed by atoms with van der Waals surface area (Å²) in [5.41, 5.74) is 1.05. The van der Waals surface area contributed by atoms with Gasteiger partial charge < -0.3 is 4.74 Å². The van der Waals surface area contributed by atoms with Gasteiger partial charge in [-0.25, -0.2) is 13.2 Å². The van der Waals surface area contributed by atoms with Gasteiger partial charge in [0.1, 0.15) is 0 Å². The Labute approximate surface area is 134 Å². The van der Waals surface area contributed by atoms with Gasteiger partial charge in [0.25, 0.3) is 0 Å². The van der Waals surface area contributed by atoms with Crippen molar-refractivity contribution in [3.8, 4) is 5.75 Å². The second kappa shape index (κ2) is 7.86. The molecule has 2 rings (SSSR count). The molecule has 0 fully saturated rings. The Bertz CT molecular complexity index is 690. The first kappa shape index (κ1) is 17.1. The monoisotopic (exact) mass is 320 g/mol. The first-order valence-corrected chi connectivity index (χ1v) is 7.64. The van der Waals surface area contributed by atoms with Crippen molar-refractivity contribution in [2.24, 2.45) is 0 Å². The Morgan fingerprint density at radius 3 is 2.09 bits per heavy atom. The van der Waals surface area contributed by atoms with Crippen LogP contribution in [0.25, 0.3) is 11.7 Å². The van der Waals surface area contributed by atoms with Crippen LogP contribution in [0.4, 0.5) is 13.2 Å². The molecule has 0 saturated carbocycles. The molecule has 0 N–H and O–H groups in total. The van der Waals surface area contributed by atoms with E-state index >= 15 is 0 Å². The van der Waals surface area contributed by atoms with E-state index < -0.39 is 17.5 Å². The van der Waals surface area contributed by atoms with Crippen LogP contribution in [0.2, 0.25) is 0 Å². The van der Waals surface area contributed by atoms with Crippen molar-refractivity contribution in [2.75, 3.05) is 6.61 Å². The molecule has 2 aromatic carbocycles. The Morgan fingerprint density at radius 1 is 0.913 bits per heavy atom. The number of ether oxygens (including phenoxy) is 1. The van der Waals surface area contributed by atoms with E-state index in [4.69, 9.17) is 4.74 Å². The van der Waals surface area contributed by atoms with Gasteiger partial charge in [-0.2, -0.15) is 0 Å². The quantitative estimate of drug-likeness (QED) is 0.598. The third-order valence-electron chi connectivity index (χ3n) is 3.42. The number of aryl methyl sites for hydroxylation is 1. The molecule has 23 heavy (non-hydrogen) atoms. The van der Waals surface area contributed by atoms with Crippen molar-refractivity contribution in [3.63, 3.8) is 0 Å². The minimum atomic E-state index is -1.09. The van der Waals surface area contributed by atoms with Gasteiger partial charge >= 0.3 is 0 Å². The Morgan fingerprint density at radius 2 is 1.52 bits per heavy atom. The van der Waals surface area contributed by atoms with E-state index in [1.165, 1.54) is 24.3 Å². The van der Waals surface area contributed by atoms with E-state index in [0.717, 1.165) is 24.5 Å². The zero-order valence-corrected chi connectivity index (χ0v) is 13.2. The smallest absolute Gasteiger partial charge is 0.166 e. The van der Waals surface area contributed by atoms with E-state index in [9.17, 15) is 13.2 Å². The fraction of sp³-hybridized carbons (Fsp3) is 0.263. The highest BCUT2D eigenvalue weighted by Gasteiger charge is 2.14. The third kappa shape index (κ3) is 4.15. The molecule has 0 bridgehead atoms. The molecular weight excluding hydrogens is 301 g/mol. The van der Waals surface area contributed by atoms with Crippen molar-refractivity contribution >= 4 is 11.7 Å². The van der Waals surface area contributed by atoms with E-state index in [0.29, 0.717) is 6.61 Å². The van der Waals surface area contributed by atoms with Gasteiger partial charge in [-0.1, -0.05) is 37.6 Å². The van der Waals surface area contributed by atoms with E-state index in [1.807, 2.05) is 0 Å². The van der Waals surface area contributed by atoms with Gasteiger partial charge in [0.05, 0.1) is 6.61 Å². The molecule has 0 radical (unpaired) electrons. The third-order valence-corrected chi connectivity index (χ3v) is 3.42. The highest BCUT2D eigenvalue weighted by molar-refractivity contribution is 5.83. The summed E-state index contributed by atoms with van der Waals surface area (Å²) in [4.78, 5) is 0. The molecule has 122 valence electrons. The zero-order chi connectivity index (χ0) is 16.8. The van der Waals surface area contributed by atoms with Gasteiger partial charge in [-0.05, 0) is 37.1 Å². The summed E-state index contributed by atoms with van der Waals surface area (Å²) in [5.74, 6) is -2.79. The molecule has 4 heteroatoms. The summed E-state index contributed by atoms with van der Waals surface area (Å²) in [5, 5.41) is 0. The number of halogens is 3. The average molecular weight is 320 g/mol. The molecule has 0 atom stereocenters. The van der Waals surface area contributed by atoms with Crippen molar-refractivity contribution < 1.29 is 17.9 Å². The summed E-state index contributed by atoms with van der Waals surface area (Å²) in [6.07, 6.45) is 1.87. The summed E-state index contributed by atoms with van der Waals surface area (Å²) >= 11 is 0. The molecule has 2 aromatic rings. The lowest BCUT2D eigenvalue weighted by atomic mass is 10.1. The van der Waals surface area contributed by atoms with Gasteiger partial charge in [0.2, 0.25) is 0 Å². The zero-order valence-electron chi connectivity index (χ0n) is 13.2. The maximum absolute atomic E-state index is 14.3. The van der Waals surface area contributed by atoms with Crippen LogP contribution in [0, 0.1) is 5.82 Å². The van der Waals surface area contributed by atoms with Gasteiger partial charge in [0.15, 0.2) is 23.2 Å². The molecule has 0 saturated heterocycles. The van der Waals surface area contributed by atoms with Crippen LogP contribution in [0.1, 0.15) is 37.0 Å². The maximum atomic E-state index is 14.3. The average Bonchev–Trinajstić information content (AvgIpc) is 2.56. The first-order valence-electron chi connectivity index (χ1n) is 7.64. The minimum absolute atomic E-state index is 0.0216. The second-order valence-corrected chi connectivity index (χ2v) is 5.15. The lowest BCUT2D eigenvalue weighted by Crippen LogP contribution is -1.95. The number of hydrogen-bond donors (Lipinski definition) is 0. The molecule has 0 heterocycles. The molecule has 0 aliphatic carbocycles. The van der Waals surface area contributed by atoms with Gasteiger partial charge in [-0.15, -0.1) is 0 Å². The largest absolute Gasteiger partial charge is 0.491 e. The molecule has 0 aliphatic heterocycles. The fourth-order valence-corrected chi connectivity index (χ4v) is 2.27. The Balaban J connectivity index is 2.30. The molecular formula is C19H19F3O. The van der Waals surface area contributed by atoms with E-state index in [1.54, 1.807) is 19.1 Å².